The summed E-state index contributed by atoms with van der Waals surface area (Å²) < 4.78 is 0. The Bertz CT molecular complexity index is 494. The van der Waals surface area contributed by atoms with Gasteiger partial charge in [0.1, 0.15) is 0 Å². The monoisotopic (exact) mass is 265 g/mol. The fraction of sp³-hybridized carbons (Fsp3) is 0.579. The Morgan fingerprint density at radius 3 is 2.20 bits per heavy atom. The first-order valence-corrected chi connectivity index (χ1v) is 8.16. The first-order chi connectivity index (χ1) is 9.88. The molecule has 0 saturated heterocycles. The second kappa shape index (κ2) is 5.26. The van der Waals surface area contributed by atoms with Crippen LogP contribution in [-0.2, 0) is 0 Å². The molecule has 4 aliphatic rings. The topological polar surface area (TPSA) is 12.0 Å². The largest absolute Gasteiger partial charge is 0.303 e. The third-order valence-electron chi connectivity index (χ3n) is 5.66. The van der Waals surface area contributed by atoms with E-state index in [1.807, 2.05) is 6.07 Å². The van der Waals surface area contributed by atoms with Gasteiger partial charge in [0.25, 0.3) is 0 Å². The van der Waals surface area contributed by atoms with Crippen LogP contribution in [0.2, 0.25) is 0 Å². The van der Waals surface area contributed by atoms with Crippen molar-refractivity contribution in [2.24, 2.45) is 23.7 Å². The van der Waals surface area contributed by atoms with Crippen molar-refractivity contribution in [1.82, 2.24) is 5.32 Å². The van der Waals surface area contributed by atoms with E-state index in [1.54, 1.807) is 0 Å². The lowest BCUT2D eigenvalue weighted by atomic mass is 9.54. The molecule has 0 aromatic heterocycles. The highest BCUT2D eigenvalue weighted by atomic mass is 14.9. The molecule has 1 heteroatoms. The van der Waals surface area contributed by atoms with E-state index in [-0.39, 0.29) is 0 Å². The molecule has 1 N–H and O–H groups in total. The molecule has 0 amide bonds. The molecule has 4 saturated carbocycles. The molecular formula is C19H23N. The summed E-state index contributed by atoms with van der Waals surface area (Å²) in [7, 11) is 0. The van der Waals surface area contributed by atoms with Crippen LogP contribution in [0.1, 0.15) is 37.7 Å². The van der Waals surface area contributed by atoms with Gasteiger partial charge >= 0.3 is 0 Å². The molecule has 1 nitrogen and oxygen atoms in total. The Hall–Kier alpha value is -1.26. The average molecular weight is 265 g/mol. The molecule has 4 aliphatic carbocycles. The van der Waals surface area contributed by atoms with Gasteiger partial charge in [-0.15, -0.1) is 0 Å². The third-order valence-corrected chi connectivity index (χ3v) is 5.66. The molecule has 5 rings (SSSR count). The van der Waals surface area contributed by atoms with Gasteiger partial charge in [-0.05, 0) is 67.9 Å². The highest BCUT2D eigenvalue weighted by Gasteiger charge is 2.47. The minimum absolute atomic E-state index is 0.757. The lowest BCUT2D eigenvalue weighted by Gasteiger charge is -2.54. The second-order valence-electron chi connectivity index (χ2n) is 7.01. The number of nitrogens with one attached hydrogen (secondary N) is 1. The van der Waals surface area contributed by atoms with E-state index in [1.165, 1.54) is 32.1 Å². The molecule has 1 aromatic carbocycles. The zero-order valence-electron chi connectivity index (χ0n) is 12.0. The average Bonchev–Trinajstić information content (AvgIpc) is 2.46. The third kappa shape index (κ3) is 2.38. The van der Waals surface area contributed by atoms with E-state index in [2.05, 4.69) is 41.4 Å². The molecule has 0 atom stereocenters. The lowest BCUT2D eigenvalue weighted by Crippen LogP contribution is -2.54. The minimum atomic E-state index is 0.757. The minimum Gasteiger partial charge on any atom is -0.303 e. The van der Waals surface area contributed by atoms with Gasteiger partial charge in [0.2, 0.25) is 0 Å². The summed E-state index contributed by atoms with van der Waals surface area (Å²) in [6.45, 7) is 0.849. The maximum absolute atomic E-state index is 3.76. The summed E-state index contributed by atoms with van der Waals surface area (Å²) in [6, 6.07) is 11.1. The van der Waals surface area contributed by atoms with Gasteiger partial charge in [-0.2, -0.15) is 0 Å². The highest BCUT2D eigenvalue weighted by molar-refractivity contribution is 5.33. The zero-order chi connectivity index (χ0) is 13.4. The summed E-state index contributed by atoms with van der Waals surface area (Å²) in [6.07, 6.45) is 7.47. The zero-order valence-corrected chi connectivity index (χ0v) is 12.0. The van der Waals surface area contributed by atoms with Crippen molar-refractivity contribution >= 4 is 0 Å². The van der Waals surface area contributed by atoms with Gasteiger partial charge in [0, 0.05) is 11.6 Å². The molecule has 4 fully saturated rings. The second-order valence-corrected chi connectivity index (χ2v) is 7.01. The summed E-state index contributed by atoms with van der Waals surface area (Å²) >= 11 is 0. The van der Waals surface area contributed by atoms with Crippen molar-refractivity contribution in [2.45, 2.75) is 38.1 Å². The van der Waals surface area contributed by atoms with E-state index in [4.69, 9.17) is 0 Å². The van der Waals surface area contributed by atoms with E-state index in [9.17, 15) is 0 Å². The van der Waals surface area contributed by atoms with Crippen LogP contribution >= 0.6 is 0 Å². The van der Waals surface area contributed by atoms with Crippen molar-refractivity contribution in [2.75, 3.05) is 6.54 Å². The molecule has 0 unspecified atom stereocenters. The summed E-state index contributed by atoms with van der Waals surface area (Å²) in [5, 5.41) is 3.76. The van der Waals surface area contributed by atoms with Crippen LogP contribution in [-0.4, -0.2) is 12.6 Å². The van der Waals surface area contributed by atoms with Crippen molar-refractivity contribution in [3.8, 4) is 11.8 Å². The standard InChI is InChI=1S/C19H23N/c1-2-5-14(6-3-1)7-4-8-20-19-17-10-15-9-16(12-17)13-18(19)11-15/h1-3,5-6,15-20H,8-13H2. The van der Waals surface area contributed by atoms with E-state index in [0.717, 1.165) is 41.8 Å². The molecular weight excluding hydrogens is 242 g/mol. The predicted octanol–water partition coefficient (Wildman–Crippen LogP) is 3.45. The van der Waals surface area contributed by atoms with Crippen LogP contribution in [0.3, 0.4) is 0 Å². The normalized spacial score (nSPS) is 37.5. The predicted molar refractivity (Wildman–Crippen MR) is 82.2 cm³/mol. The van der Waals surface area contributed by atoms with Crippen LogP contribution in [0.5, 0.6) is 0 Å². The van der Waals surface area contributed by atoms with Crippen LogP contribution in [0.25, 0.3) is 0 Å². The Kier molecular flexibility index (Phi) is 3.28. The van der Waals surface area contributed by atoms with Crippen molar-refractivity contribution in [1.29, 1.82) is 0 Å². The highest BCUT2D eigenvalue weighted by Crippen LogP contribution is 2.53. The Balaban J connectivity index is 1.35. The van der Waals surface area contributed by atoms with Gasteiger partial charge in [-0.3, -0.25) is 0 Å². The summed E-state index contributed by atoms with van der Waals surface area (Å²) in [5.74, 6) is 10.6. The fourth-order valence-electron chi connectivity index (χ4n) is 5.10. The number of benzene rings is 1. The summed E-state index contributed by atoms with van der Waals surface area (Å²) in [4.78, 5) is 0. The molecule has 0 heterocycles. The number of hydrogen-bond acceptors (Lipinski definition) is 1. The smallest absolute Gasteiger partial charge is 0.0582 e. The molecule has 0 radical (unpaired) electrons. The number of rotatable bonds is 2. The Morgan fingerprint density at radius 1 is 0.900 bits per heavy atom. The summed E-state index contributed by atoms with van der Waals surface area (Å²) in [5.41, 5.74) is 1.12. The van der Waals surface area contributed by atoms with Gasteiger partial charge in [0.05, 0.1) is 6.54 Å². The maximum atomic E-state index is 3.76. The van der Waals surface area contributed by atoms with Gasteiger partial charge in [-0.1, -0.05) is 30.0 Å². The van der Waals surface area contributed by atoms with E-state index in [0.29, 0.717) is 0 Å². The van der Waals surface area contributed by atoms with Crippen molar-refractivity contribution in [3.05, 3.63) is 35.9 Å². The first-order valence-electron chi connectivity index (χ1n) is 8.16. The maximum Gasteiger partial charge on any atom is 0.0582 e. The first kappa shape index (κ1) is 12.5. The SMILES string of the molecule is C(#Cc1ccccc1)CNC1C2CC3CC(C2)CC1C3. The van der Waals surface area contributed by atoms with Crippen LogP contribution in [0.4, 0.5) is 0 Å². The van der Waals surface area contributed by atoms with Gasteiger partial charge in [-0.25, -0.2) is 0 Å². The Morgan fingerprint density at radius 2 is 1.55 bits per heavy atom. The van der Waals surface area contributed by atoms with Crippen LogP contribution < -0.4 is 5.32 Å². The van der Waals surface area contributed by atoms with Gasteiger partial charge in [0.15, 0.2) is 0 Å². The van der Waals surface area contributed by atoms with E-state index >= 15 is 0 Å². The van der Waals surface area contributed by atoms with Crippen molar-refractivity contribution in [3.63, 3.8) is 0 Å². The molecule has 104 valence electrons. The van der Waals surface area contributed by atoms with E-state index < -0.39 is 0 Å². The molecule has 1 aromatic rings. The quantitative estimate of drug-likeness (QED) is 0.808. The molecule has 0 spiro atoms. The molecule has 20 heavy (non-hydrogen) atoms. The van der Waals surface area contributed by atoms with Gasteiger partial charge < -0.3 is 5.32 Å². The van der Waals surface area contributed by atoms with Crippen molar-refractivity contribution < 1.29 is 0 Å². The lowest BCUT2D eigenvalue weighted by molar-refractivity contribution is -0.0121. The number of hydrogen-bond donors (Lipinski definition) is 1. The van der Waals surface area contributed by atoms with Crippen LogP contribution in [0.15, 0.2) is 30.3 Å². The molecule has 4 bridgehead atoms. The molecule has 0 aliphatic heterocycles. The van der Waals surface area contributed by atoms with Crippen LogP contribution in [0, 0.1) is 35.5 Å². The Labute approximate surface area is 122 Å². The fourth-order valence-corrected chi connectivity index (χ4v) is 5.10.